The molecule has 0 amide bonds. The summed E-state index contributed by atoms with van der Waals surface area (Å²) in [5.74, 6) is 0.578. The maximum atomic E-state index is 13.4. The van der Waals surface area contributed by atoms with E-state index in [9.17, 15) is 4.39 Å². The van der Waals surface area contributed by atoms with Gasteiger partial charge in [0.25, 0.3) is 0 Å². The Morgan fingerprint density at radius 3 is 2.45 bits per heavy atom. The molecule has 1 aliphatic rings. The quantitative estimate of drug-likeness (QED) is 0.615. The van der Waals surface area contributed by atoms with E-state index in [0.717, 1.165) is 66.9 Å². The molecule has 1 aliphatic heterocycles. The summed E-state index contributed by atoms with van der Waals surface area (Å²) < 4.78 is 26.3. The molecule has 0 atom stereocenters. The van der Waals surface area contributed by atoms with Gasteiger partial charge in [0.15, 0.2) is 4.80 Å². The zero-order valence-corrected chi connectivity index (χ0v) is 17.2. The topological polar surface area (TPSA) is 39.0 Å². The highest BCUT2D eigenvalue weighted by Crippen LogP contribution is 2.22. The minimum absolute atomic E-state index is 0.230. The second kappa shape index (κ2) is 9.35. The van der Waals surface area contributed by atoms with E-state index >= 15 is 0 Å². The van der Waals surface area contributed by atoms with Gasteiger partial charge in [0.05, 0.1) is 31.7 Å². The van der Waals surface area contributed by atoms with Crippen molar-refractivity contribution in [1.29, 1.82) is 0 Å². The summed E-state index contributed by atoms with van der Waals surface area (Å²) in [5.41, 5.74) is 2.91. The van der Waals surface area contributed by atoms with Crippen LogP contribution < -0.4 is 9.54 Å². The third-order valence-electron chi connectivity index (χ3n) is 4.98. The predicted octanol–water partition coefficient (Wildman–Crippen LogP) is 3.93. The van der Waals surface area contributed by atoms with Gasteiger partial charge in [0.2, 0.25) is 0 Å². The Bertz CT molecular complexity index is 990. The molecule has 0 N–H and O–H groups in total. The first kappa shape index (κ1) is 19.8. The number of benzene rings is 2. The number of rotatable bonds is 6. The summed E-state index contributed by atoms with van der Waals surface area (Å²) in [5, 5.41) is 2.09. The second-order valence-electron chi connectivity index (χ2n) is 6.83. The van der Waals surface area contributed by atoms with Crippen molar-refractivity contribution in [3.63, 3.8) is 0 Å². The molecule has 0 aliphatic carbocycles. The van der Waals surface area contributed by atoms with Crippen LogP contribution in [-0.4, -0.2) is 49.4 Å². The van der Waals surface area contributed by atoms with Crippen molar-refractivity contribution in [3.05, 3.63) is 64.5 Å². The lowest BCUT2D eigenvalue weighted by atomic mass is 10.1. The molecule has 0 spiro atoms. The Kier molecular flexibility index (Phi) is 6.39. The van der Waals surface area contributed by atoms with Gasteiger partial charge in [-0.05, 0) is 54.1 Å². The minimum atomic E-state index is -0.230. The molecule has 4 rings (SSSR count). The molecule has 1 saturated heterocycles. The van der Waals surface area contributed by atoms with Crippen molar-refractivity contribution in [1.82, 2.24) is 9.47 Å². The van der Waals surface area contributed by atoms with Crippen LogP contribution >= 0.6 is 11.3 Å². The highest BCUT2D eigenvalue weighted by Gasteiger charge is 2.13. The van der Waals surface area contributed by atoms with Gasteiger partial charge in [-0.25, -0.2) is 9.38 Å². The van der Waals surface area contributed by atoms with Gasteiger partial charge in [-0.3, -0.25) is 4.90 Å². The summed E-state index contributed by atoms with van der Waals surface area (Å²) in [6.45, 7) is 5.18. The number of nitrogens with zero attached hydrogens (tertiary/aromatic N) is 3. The summed E-state index contributed by atoms with van der Waals surface area (Å²) in [6.07, 6.45) is 0. The van der Waals surface area contributed by atoms with Crippen molar-refractivity contribution >= 4 is 17.0 Å². The number of thiazole rings is 1. The highest BCUT2D eigenvalue weighted by atomic mass is 32.1. The first-order valence-electron chi connectivity index (χ1n) is 9.66. The number of halogens is 1. The Hall–Kier alpha value is -2.48. The number of hydrogen-bond donors (Lipinski definition) is 0. The van der Waals surface area contributed by atoms with Crippen molar-refractivity contribution in [2.75, 3.05) is 40.0 Å². The Labute approximate surface area is 173 Å². The fourth-order valence-corrected chi connectivity index (χ4v) is 4.27. The Morgan fingerprint density at radius 2 is 1.76 bits per heavy atom. The van der Waals surface area contributed by atoms with Crippen molar-refractivity contribution in [2.24, 2.45) is 4.99 Å². The van der Waals surface area contributed by atoms with E-state index in [1.54, 1.807) is 18.4 Å². The minimum Gasteiger partial charge on any atom is -0.497 e. The van der Waals surface area contributed by atoms with Crippen LogP contribution in [0.15, 0.2) is 58.9 Å². The third kappa shape index (κ3) is 4.93. The van der Waals surface area contributed by atoms with Crippen molar-refractivity contribution in [2.45, 2.75) is 6.54 Å². The van der Waals surface area contributed by atoms with Crippen LogP contribution in [0.3, 0.4) is 0 Å². The van der Waals surface area contributed by atoms with Crippen LogP contribution in [0.4, 0.5) is 10.1 Å². The first-order chi connectivity index (χ1) is 14.2. The molecule has 1 aromatic heterocycles. The fraction of sp³-hybridized carbons (Fsp3) is 0.318. The van der Waals surface area contributed by atoms with Gasteiger partial charge in [0, 0.05) is 31.6 Å². The molecule has 5 nitrogen and oxygen atoms in total. The largest absolute Gasteiger partial charge is 0.497 e. The maximum Gasteiger partial charge on any atom is 0.190 e. The SMILES string of the molecule is COc1ccc(N=c2scc(-c3ccc(F)cc3)n2CCN2CCOCC2)cc1. The van der Waals surface area contributed by atoms with Crippen LogP contribution in [0, 0.1) is 5.82 Å². The lowest BCUT2D eigenvalue weighted by molar-refractivity contribution is 0.0363. The van der Waals surface area contributed by atoms with E-state index in [4.69, 9.17) is 14.5 Å². The molecule has 2 aromatic carbocycles. The zero-order chi connectivity index (χ0) is 20.1. The van der Waals surface area contributed by atoms with Crippen LogP contribution in [0.25, 0.3) is 11.3 Å². The molecule has 152 valence electrons. The number of aromatic nitrogens is 1. The van der Waals surface area contributed by atoms with Crippen molar-refractivity contribution < 1.29 is 13.9 Å². The molecular weight excluding hydrogens is 389 g/mol. The zero-order valence-electron chi connectivity index (χ0n) is 16.4. The summed E-state index contributed by atoms with van der Waals surface area (Å²) in [4.78, 5) is 8.17. The Morgan fingerprint density at radius 1 is 1.03 bits per heavy atom. The second-order valence-corrected chi connectivity index (χ2v) is 7.66. The van der Waals surface area contributed by atoms with Crippen LogP contribution in [0.2, 0.25) is 0 Å². The highest BCUT2D eigenvalue weighted by molar-refractivity contribution is 7.07. The van der Waals surface area contributed by atoms with Crippen LogP contribution in [0.5, 0.6) is 5.75 Å². The maximum absolute atomic E-state index is 13.4. The van der Waals surface area contributed by atoms with E-state index in [0.29, 0.717) is 0 Å². The van der Waals surface area contributed by atoms with E-state index in [-0.39, 0.29) is 5.82 Å². The lowest BCUT2D eigenvalue weighted by Gasteiger charge is -2.26. The van der Waals surface area contributed by atoms with Gasteiger partial charge in [-0.1, -0.05) is 0 Å². The number of methoxy groups -OCH3 is 1. The van der Waals surface area contributed by atoms with Crippen molar-refractivity contribution in [3.8, 4) is 17.0 Å². The molecule has 3 aromatic rings. The molecular formula is C22H24FN3O2S. The average molecular weight is 414 g/mol. The molecule has 7 heteroatoms. The first-order valence-corrected chi connectivity index (χ1v) is 10.5. The van der Waals surface area contributed by atoms with E-state index in [1.165, 1.54) is 12.1 Å². The summed E-state index contributed by atoms with van der Waals surface area (Å²) in [6, 6.07) is 14.3. The summed E-state index contributed by atoms with van der Waals surface area (Å²) >= 11 is 1.59. The average Bonchev–Trinajstić information content (AvgIpc) is 3.16. The molecule has 1 fully saturated rings. The molecule has 0 unspecified atom stereocenters. The predicted molar refractivity (Wildman–Crippen MR) is 113 cm³/mol. The van der Waals surface area contributed by atoms with Crippen LogP contribution in [0.1, 0.15) is 0 Å². The van der Waals surface area contributed by atoms with E-state index in [1.807, 2.05) is 36.4 Å². The van der Waals surface area contributed by atoms with Crippen LogP contribution in [-0.2, 0) is 11.3 Å². The van der Waals surface area contributed by atoms with Gasteiger partial charge in [0.1, 0.15) is 11.6 Å². The number of ether oxygens (including phenoxy) is 2. The smallest absolute Gasteiger partial charge is 0.190 e. The third-order valence-corrected chi connectivity index (χ3v) is 5.84. The van der Waals surface area contributed by atoms with Gasteiger partial charge in [-0.15, -0.1) is 11.3 Å². The lowest BCUT2D eigenvalue weighted by Crippen LogP contribution is -2.39. The molecule has 0 radical (unpaired) electrons. The fourth-order valence-electron chi connectivity index (χ4n) is 3.32. The molecule has 0 bridgehead atoms. The molecule has 2 heterocycles. The number of morpholine rings is 1. The molecule has 0 saturated carbocycles. The van der Waals surface area contributed by atoms with Gasteiger partial charge < -0.3 is 14.0 Å². The van der Waals surface area contributed by atoms with E-state index < -0.39 is 0 Å². The van der Waals surface area contributed by atoms with Gasteiger partial charge in [-0.2, -0.15) is 0 Å². The Balaban J connectivity index is 1.67. The number of hydrogen-bond acceptors (Lipinski definition) is 5. The normalized spacial score (nSPS) is 15.6. The van der Waals surface area contributed by atoms with Gasteiger partial charge >= 0.3 is 0 Å². The van der Waals surface area contributed by atoms with E-state index in [2.05, 4.69) is 14.8 Å². The standard InChI is InChI=1S/C22H24FN3O2S/c1-27-20-8-6-19(7-9-20)24-22-26(11-10-25-12-14-28-15-13-25)21(16-29-22)17-2-4-18(23)5-3-17/h2-9,16H,10-15H2,1H3. The molecule has 29 heavy (non-hydrogen) atoms. The summed E-state index contributed by atoms with van der Waals surface area (Å²) in [7, 11) is 1.65. The monoisotopic (exact) mass is 413 g/mol.